The van der Waals surface area contributed by atoms with Gasteiger partial charge in [0.05, 0.1) is 11.0 Å². The molecule has 2 heterocycles. The molecule has 3 rings (SSSR count). The van der Waals surface area contributed by atoms with Crippen molar-refractivity contribution in [2.75, 3.05) is 19.6 Å². The lowest BCUT2D eigenvalue weighted by Crippen LogP contribution is -3.31. The van der Waals surface area contributed by atoms with E-state index in [0.717, 1.165) is 18.6 Å². The number of hydrogen-bond acceptors (Lipinski definition) is 0. The van der Waals surface area contributed by atoms with Crippen LogP contribution in [0.25, 0.3) is 0 Å². The lowest BCUT2D eigenvalue weighted by Gasteiger charge is -2.37. The van der Waals surface area contributed by atoms with Crippen molar-refractivity contribution in [3.63, 3.8) is 0 Å². The minimum absolute atomic E-state index is 0.170. The third-order valence-corrected chi connectivity index (χ3v) is 5.58. The Kier molecular flexibility index (Phi) is 3.92. The van der Waals surface area contributed by atoms with Gasteiger partial charge in [-0.2, -0.15) is 0 Å². The highest BCUT2D eigenvalue weighted by Gasteiger charge is 2.42. The Morgan fingerprint density at radius 2 is 2.16 bits per heavy atom. The number of nitrogens with one attached hydrogen (secondary N) is 2. The molecule has 2 saturated heterocycles. The molecule has 2 nitrogen and oxygen atoms in total. The zero-order valence-electron chi connectivity index (χ0n) is 11.4. The fourth-order valence-corrected chi connectivity index (χ4v) is 4.27. The van der Waals surface area contributed by atoms with E-state index in [1.165, 1.54) is 38.0 Å². The molecule has 19 heavy (non-hydrogen) atoms. The average molecular weight is 329 g/mol. The quantitative estimate of drug-likeness (QED) is 0.778. The first-order valence-electron chi connectivity index (χ1n) is 7.28. The van der Waals surface area contributed by atoms with Gasteiger partial charge in [0, 0.05) is 18.4 Å². The van der Waals surface area contributed by atoms with E-state index in [-0.39, 0.29) is 5.82 Å². The monoisotopic (exact) mass is 328 g/mol. The smallest absolute Gasteiger partial charge is 0.140 e. The number of benzene rings is 1. The standard InChI is InChI=1S/C15H20BrFN2/c1-11-15-3-2-6-18(15)7-8-19(11)10-12-4-5-14(17)13(16)9-12/h4-5,9,11,15H,2-3,6-8,10H2,1H3/p+2/t11-,15+/m0/s1. The zero-order chi connectivity index (χ0) is 13.4. The van der Waals surface area contributed by atoms with E-state index in [4.69, 9.17) is 0 Å². The predicted octanol–water partition coefficient (Wildman–Crippen LogP) is 0.423. The Morgan fingerprint density at radius 3 is 2.95 bits per heavy atom. The second kappa shape index (κ2) is 5.51. The Bertz CT molecular complexity index is 465. The Hall–Kier alpha value is -0.450. The van der Waals surface area contributed by atoms with Crippen LogP contribution < -0.4 is 9.80 Å². The molecule has 2 unspecified atom stereocenters. The van der Waals surface area contributed by atoms with Gasteiger partial charge in [-0.05, 0) is 35.0 Å². The fraction of sp³-hybridized carbons (Fsp3) is 0.600. The van der Waals surface area contributed by atoms with Gasteiger partial charge in [0.2, 0.25) is 0 Å². The van der Waals surface area contributed by atoms with Crippen LogP contribution in [0.2, 0.25) is 0 Å². The molecular weight excluding hydrogens is 307 g/mol. The highest BCUT2D eigenvalue weighted by molar-refractivity contribution is 9.10. The Balaban J connectivity index is 1.70. The van der Waals surface area contributed by atoms with E-state index in [1.807, 2.05) is 17.0 Å². The van der Waals surface area contributed by atoms with Gasteiger partial charge in [-0.15, -0.1) is 0 Å². The van der Waals surface area contributed by atoms with Crippen molar-refractivity contribution >= 4 is 15.9 Å². The van der Waals surface area contributed by atoms with E-state index < -0.39 is 0 Å². The van der Waals surface area contributed by atoms with Crippen LogP contribution in [0, 0.1) is 5.82 Å². The SMILES string of the molecule is C[C@H]1[C@H]2CCC[NH+]2CC[NH+]1Cc1ccc(F)c(Br)c1. The zero-order valence-corrected chi connectivity index (χ0v) is 13.0. The summed E-state index contributed by atoms with van der Waals surface area (Å²) in [6.45, 7) is 7.31. The van der Waals surface area contributed by atoms with E-state index in [9.17, 15) is 4.39 Å². The summed E-state index contributed by atoms with van der Waals surface area (Å²) in [7, 11) is 0. The van der Waals surface area contributed by atoms with Crippen molar-refractivity contribution in [1.82, 2.24) is 0 Å². The summed E-state index contributed by atoms with van der Waals surface area (Å²) in [5.74, 6) is -0.170. The molecule has 0 radical (unpaired) electrons. The number of quaternary nitrogens is 2. The molecule has 1 aromatic rings. The highest BCUT2D eigenvalue weighted by atomic mass is 79.9. The summed E-state index contributed by atoms with van der Waals surface area (Å²) >= 11 is 3.28. The Morgan fingerprint density at radius 1 is 1.32 bits per heavy atom. The normalized spacial score (nSPS) is 34.3. The van der Waals surface area contributed by atoms with Crippen LogP contribution in [0.5, 0.6) is 0 Å². The van der Waals surface area contributed by atoms with Gasteiger partial charge in [0.15, 0.2) is 0 Å². The maximum atomic E-state index is 13.3. The lowest BCUT2D eigenvalue weighted by molar-refractivity contribution is -1.05. The summed E-state index contributed by atoms with van der Waals surface area (Å²) in [5.41, 5.74) is 1.23. The molecule has 0 aliphatic carbocycles. The topological polar surface area (TPSA) is 8.88 Å². The summed E-state index contributed by atoms with van der Waals surface area (Å²) in [6.07, 6.45) is 2.77. The van der Waals surface area contributed by atoms with E-state index in [1.54, 1.807) is 11.0 Å². The van der Waals surface area contributed by atoms with Crippen LogP contribution >= 0.6 is 15.9 Å². The van der Waals surface area contributed by atoms with Crippen LogP contribution in [-0.4, -0.2) is 31.7 Å². The van der Waals surface area contributed by atoms with Crippen molar-refractivity contribution in [1.29, 1.82) is 0 Å². The number of hydrogen-bond donors (Lipinski definition) is 2. The highest BCUT2D eigenvalue weighted by Crippen LogP contribution is 2.16. The van der Waals surface area contributed by atoms with Crippen molar-refractivity contribution in [3.05, 3.63) is 34.1 Å². The van der Waals surface area contributed by atoms with Gasteiger partial charge >= 0.3 is 0 Å². The molecule has 1 aromatic carbocycles. The molecule has 2 aliphatic heterocycles. The predicted molar refractivity (Wildman–Crippen MR) is 76.8 cm³/mol. The molecule has 0 spiro atoms. The maximum absolute atomic E-state index is 13.3. The van der Waals surface area contributed by atoms with Gasteiger partial charge in [-0.25, -0.2) is 4.39 Å². The molecule has 4 atom stereocenters. The molecule has 0 amide bonds. The largest absolute Gasteiger partial charge is 0.323 e. The van der Waals surface area contributed by atoms with Crippen LogP contribution in [0.1, 0.15) is 25.3 Å². The summed E-state index contributed by atoms with van der Waals surface area (Å²) in [6, 6.07) is 6.99. The molecule has 2 N–H and O–H groups in total. The molecule has 0 saturated carbocycles. The van der Waals surface area contributed by atoms with Crippen LogP contribution in [0.3, 0.4) is 0 Å². The third-order valence-electron chi connectivity index (χ3n) is 4.97. The molecule has 104 valence electrons. The number of piperazine rings is 1. The van der Waals surface area contributed by atoms with E-state index in [2.05, 4.69) is 22.9 Å². The third kappa shape index (κ3) is 2.71. The number of rotatable bonds is 2. The summed E-state index contributed by atoms with van der Waals surface area (Å²) in [4.78, 5) is 3.48. The first-order valence-corrected chi connectivity index (χ1v) is 8.07. The maximum Gasteiger partial charge on any atom is 0.140 e. The van der Waals surface area contributed by atoms with Crippen LogP contribution in [-0.2, 0) is 6.54 Å². The average Bonchev–Trinajstić information content (AvgIpc) is 2.86. The van der Waals surface area contributed by atoms with Gasteiger partial charge in [0.25, 0.3) is 0 Å². The molecule has 0 bridgehead atoms. The number of fused-ring (bicyclic) bond motifs is 1. The van der Waals surface area contributed by atoms with Crippen molar-refractivity contribution in [3.8, 4) is 0 Å². The van der Waals surface area contributed by atoms with Gasteiger partial charge in [-0.1, -0.05) is 6.07 Å². The fourth-order valence-electron chi connectivity index (χ4n) is 3.85. The summed E-state index contributed by atoms with van der Waals surface area (Å²) in [5, 5.41) is 0. The van der Waals surface area contributed by atoms with E-state index >= 15 is 0 Å². The van der Waals surface area contributed by atoms with Gasteiger partial charge < -0.3 is 9.80 Å². The molecule has 2 fully saturated rings. The van der Waals surface area contributed by atoms with Crippen molar-refractivity contribution < 1.29 is 14.2 Å². The molecule has 4 heteroatoms. The minimum atomic E-state index is -0.170. The van der Waals surface area contributed by atoms with Gasteiger partial charge in [-0.3, -0.25) is 0 Å². The van der Waals surface area contributed by atoms with E-state index in [0.29, 0.717) is 4.47 Å². The minimum Gasteiger partial charge on any atom is -0.323 e. The first-order chi connectivity index (χ1) is 9.15. The summed E-state index contributed by atoms with van der Waals surface area (Å²) < 4.78 is 13.9. The molecular formula is C15H22BrFN2+2. The number of halogens is 2. The first kappa shape index (κ1) is 13.5. The van der Waals surface area contributed by atoms with Crippen LogP contribution in [0.4, 0.5) is 4.39 Å². The second-order valence-electron chi connectivity index (χ2n) is 6.03. The molecule has 2 aliphatic rings. The van der Waals surface area contributed by atoms with Gasteiger partial charge in [0.1, 0.15) is 37.5 Å². The Labute approximate surface area is 122 Å². The lowest BCUT2D eigenvalue weighted by atomic mass is 10.0. The van der Waals surface area contributed by atoms with Crippen LogP contribution in [0.15, 0.2) is 22.7 Å². The molecule has 0 aromatic heterocycles. The van der Waals surface area contributed by atoms with Crippen molar-refractivity contribution in [2.24, 2.45) is 0 Å². The second-order valence-corrected chi connectivity index (χ2v) is 6.88. The van der Waals surface area contributed by atoms with Crippen molar-refractivity contribution in [2.45, 2.75) is 38.4 Å².